The summed E-state index contributed by atoms with van der Waals surface area (Å²) in [6.07, 6.45) is 13.2. The molecule has 0 aromatic rings. The lowest BCUT2D eigenvalue weighted by Crippen LogP contribution is -1.94. The predicted octanol–water partition coefficient (Wildman–Crippen LogP) is 4.97. The van der Waals surface area contributed by atoms with Crippen molar-refractivity contribution >= 4 is 0 Å². The van der Waals surface area contributed by atoms with E-state index in [2.05, 4.69) is 45.6 Å². The first-order valence-corrected chi connectivity index (χ1v) is 5.99. The Bertz CT molecular complexity index is 153. The van der Waals surface area contributed by atoms with E-state index in [4.69, 9.17) is 0 Å². The predicted molar refractivity (Wildman–Crippen MR) is 66.4 cm³/mol. The van der Waals surface area contributed by atoms with E-state index < -0.39 is 0 Å². The van der Waals surface area contributed by atoms with Gasteiger partial charge in [0.25, 0.3) is 0 Å². The summed E-state index contributed by atoms with van der Waals surface area (Å²) in [5.41, 5.74) is 0. The van der Waals surface area contributed by atoms with Crippen LogP contribution in [-0.4, -0.2) is 0 Å². The zero-order valence-electron chi connectivity index (χ0n) is 10.1. The van der Waals surface area contributed by atoms with Crippen LogP contribution in [0.5, 0.6) is 0 Å². The van der Waals surface area contributed by atoms with Crippen molar-refractivity contribution in [2.75, 3.05) is 0 Å². The molecule has 0 aromatic heterocycles. The number of hydrogen-bond acceptors (Lipinski definition) is 0. The molecular weight excluding hydrogens is 168 g/mol. The highest BCUT2D eigenvalue weighted by molar-refractivity contribution is 4.91. The maximum absolute atomic E-state index is 3.90. The molecule has 0 N–H and O–H groups in total. The van der Waals surface area contributed by atoms with E-state index in [-0.39, 0.29) is 0 Å². The topological polar surface area (TPSA) is 0 Å². The van der Waals surface area contributed by atoms with Crippen molar-refractivity contribution in [1.82, 2.24) is 0 Å². The fourth-order valence-electron chi connectivity index (χ4n) is 1.51. The Kier molecular flexibility index (Phi) is 8.72. The highest BCUT2D eigenvalue weighted by atomic mass is 14.1. The smallest absolute Gasteiger partial charge is 0.0202 e. The standard InChI is InChI=1S/C14H26/c1-5-7-8-11-14(6-2)12-9-10-13(3)4/h6,9-10,13-14H,2,5,7-8,11-12H2,1,3-4H3. The average molecular weight is 194 g/mol. The highest BCUT2D eigenvalue weighted by Crippen LogP contribution is 2.15. The van der Waals surface area contributed by atoms with Crippen LogP contribution in [0.4, 0.5) is 0 Å². The minimum absolute atomic E-state index is 0.677. The molecule has 0 heteroatoms. The molecule has 0 heterocycles. The van der Waals surface area contributed by atoms with Gasteiger partial charge in [-0.2, -0.15) is 0 Å². The summed E-state index contributed by atoms with van der Waals surface area (Å²) in [6, 6.07) is 0. The van der Waals surface area contributed by atoms with E-state index in [0.717, 1.165) is 0 Å². The molecule has 0 aromatic carbocycles. The minimum Gasteiger partial charge on any atom is -0.103 e. The third-order valence-corrected chi connectivity index (χ3v) is 2.47. The van der Waals surface area contributed by atoms with Crippen LogP contribution in [0.3, 0.4) is 0 Å². The number of allylic oxidation sites excluding steroid dienone is 3. The molecule has 1 atom stereocenters. The van der Waals surface area contributed by atoms with Crippen molar-refractivity contribution in [2.45, 2.75) is 52.9 Å². The molecule has 0 aliphatic rings. The molecule has 0 bridgehead atoms. The molecule has 0 nitrogen and oxygen atoms in total. The molecule has 0 rings (SSSR count). The Morgan fingerprint density at radius 3 is 2.43 bits per heavy atom. The molecule has 0 spiro atoms. The second-order valence-corrected chi connectivity index (χ2v) is 4.40. The Morgan fingerprint density at radius 1 is 1.21 bits per heavy atom. The van der Waals surface area contributed by atoms with Gasteiger partial charge in [-0.3, -0.25) is 0 Å². The summed E-state index contributed by atoms with van der Waals surface area (Å²) < 4.78 is 0. The molecule has 0 aliphatic heterocycles. The normalized spacial score (nSPS) is 13.7. The second kappa shape index (κ2) is 9.05. The maximum Gasteiger partial charge on any atom is -0.0202 e. The Labute approximate surface area is 90.1 Å². The molecule has 0 saturated carbocycles. The number of rotatable bonds is 8. The maximum atomic E-state index is 3.90. The number of unbranched alkanes of at least 4 members (excludes halogenated alkanes) is 2. The summed E-state index contributed by atoms with van der Waals surface area (Å²) >= 11 is 0. The number of hydrogen-bond donors (Lipinski definition) is 0. The Balaban J connectivity index is 3.62. The van der Waals surface area contributed by atoms with Gasteiger partial charge in [0, 0.05) is 0 Å². The van der Waals surface area contributed by atoms with E-state index in [1.807, 2.05) is 0 Å². The van der Waals surface area contributed by atoms with Crippen LogP contribution in [0.2, 0.25) is 0 Å². The highest BCUT2D eigenvalue weighted by Gasteiger charge is 2.00. The lowest BCUT2D eigenvalue weighted by molar-refractivity contribution is 0.544. The van der Waals surface area contributed by atoms with E-state index in [9.17, 15) is 0 Å². The van der Waals surface area contributed by atoms with E-state index >= 15 is 0 Å². The zero-order valence-corrected chi connectivity index (χ0v) is 10.1. The molecule has 0 amide bonds. The molecule has 14 heavy (non-hydrogen) atoms. The van der Waals surface area contributed by atoms with Crippen molar-refractivity contribution in [1.29, 1.82) is 0 Å². The molecule has 0 fully saturated rings. The first-order chi connectivity index (χ1) is 6.70. The monoisotopic (exact) mass is 194 g/mol. The van der Waals surface area contributed by atoms with Crippen LogP contribution in [0.25, 0.3) is 0 Å². The van der Waals surface area contributed by atoms with Crippen LogP contribution in [-0.2, 0) is 0 Å². The van der Waals surface area contributed by atoms with Crippen molar-refractivity contribution in [3.63, 3.8) is 0 Å². The summed E-state index contributed by atoms with van der Waals surface area (Å²) in [7, 11) is 0. The van der Waals surface area contributed by atoms with Crippen LogP contribution in [0, 0.1) is 11.8 Å². The zero-order chi connectivity index (χ0) is 10.8. The lowest BCUT2D eigenvalue weighted by Gasteiger charge is -2.09. The van der Waals surface area contributed by atoms with Gasteiger partial charge < -0.3 is 0 Å². The second-order valence-electron chi connectivity index (χ2n) is 4.40. The first-order valence-electron chi connectivity index (χ1n) is 5.99. The van der Waals surface area contributed by atoms with Gasteiger partial charge in [-0.1, -0.05) is 58.3 Å². The third-order valence-electron chi connectivity index (χ3n) is 2.47. The molecule has 1 unspecified atom stereocenters. The van der Waals surface area contributed by atoms with Crippen molar-refractivity contribution in [2.24, 2.45) is 11.8 Å². The Morgan fingerprint density at radius 2 is 1.93 bits per heavy atom. The average Bonchev–Trinajstić information content (AvgIpc) is 2.15. The van der Waals surface area contributed by atoms with Gasteiger partial charge in [-0.05, 0) is 24.7 Å². The van der Waals surface area contributed by atoms with Crippen LogP contribution in [0.15, 0.2) is 24.8 Å². The largest absolute Gasteiger partial charge is 0.103 e. The van der Waals surface area contributed by atoms with Crippen LogP contribution in [0.1, 0.15) is 52.9 Å². The summed E-state index contributed by atoms with van der Waals surface area (Å²) in [5, 5.41) is 0. The van der Waals surface area contributed by atoms with Gasteiger partial charge in [0.05, 0.1) is 0 Å². The molecule has 0 saturated heterocycles. The van der Waals surface area contributed by atoms with Gasteiger partial charge in [0.2, 0.25) is 0 Å². The minimum atomic E-state index is 0.677. The molecular formula is C14H26. The SMILES string of the molecule is C=CC(CC=CC(C)C)CCCCC. The molecule has 82 valence electrons. The summed E-state index contributed by atoms with van der Waals surface area (Å²) in [4.78, 5) is 0. The van der Waals surface area contributed by atoms with E-state index in [1.165, 1.54) is 32.1 Å². The lowest BCUT2D eigenvalue weighted by atomic mass is 9.97. The summed E-state index contributed by atoms with van der Waals surface area (Å²) in [6.45, 7) is 10.6. The van der Waals surface area contributed by atoms with Gasteiger partial charge in [0.15, 0.2) is 0 Å². The van der Waals surface area contributed by atoms with Gasteiger partial charge in [0.1, 0.15) is 0 Å². The van der Waals surface area contributed by atoms with Crippen molar-refractivity contribution in [3.05, 3.63) is 24.8 Å². The van der Waals surface area contributed by atoms with Crippen molar-refractivity contribution < 1.29 is 0 Å². The van der Waals surface area contributed by atoms with E-state index in [1.54, 1.807) is 0 Å². The quantitative estimate of drug-likeness (QED) is 0.378. The first kappa shape index (κ1) is 13.5. The van der Waals surface area contributed by atoms with E-state index in [0.29, 0.717) is 11.8 Å². The fraction of sp³-hybridized carbons (Fsp3) is 0.714. The van der Waals surface area contributed by atoms with Gasteiger partial charge in [-0.15, -0.1) is 6.58 Å². The van der Waals surface area contributed by atoms with Gasteiger partial charge >= 0.3 is 0 Å². The summed E-state index contributed by atoms with van der Waals surface area (Å²) in [5.74, 6) is 1.37. The molecule has 0 aliphatic carbocycles. The van der Waals surface area contributed by atoms with Crippen molar-refractivity contribution in [3.8, 4) is 0 Å². The molecule has 0 radical (unpaired) electrons. The van der Waals surface area contributed by atoms with Gasteiger partial charge in [-0.25, -0.2) is 0 Å². The van der Waals surface area contributed by atoms with Crippen LogP contribution >= 0.6 is 0 Å². The fourth-order valence-corrected chi connectivity index (χ4v) is 1.51. The third kappa shape index (κ3) is 8.10. The van der Waals surface area contributed by atoms with Crippen LogP contribution < -0.4 is 0 Å². The Hall–Kier alpha value is -0.520.